The number of carbonyl (C=O) groups excluding carboxylic acids is 1. The van der Waals surface area contributed by atoms with Gasteiger partial charge in [-0.05, 0) is 62.1 Å². The van der Waals surface area contributed by atoms with Gasteiger partial charge in [0.05, 0.1) is 5.60 Å². The van der Waals surface area contributed by atoms with E-state index >= 15 is 8.78 Å². The number of likely N-dealkylation sites (tertiary alicyclic amines) is 1. The molecule has 1 amide bonds. The number of halogens is 2. The van der Waals surface area contributed by atoms with Crippen LogP contribution in [0.2, 0.25) is 0 Å². The van der Waals surface area contributed by atoms with Crippen molar-refractivity contribution in [3.63, 3.8) is 0 Å². The molecule has 2 fully saturated rings. The molecular weight excluding hydrogens is 514 g/mol. The molecule has 4 rings (SSSR count). The van der Waals surface area contributed by atoms with Crippen molar-refractivity contribution < 1.29 is 31.8 Å². The Bertz CT molecular complexity index is 1190. The van der Waals surface area contributed by atoms with E-state index in [4.69, 9.17) is 4.74 Å². The summed E-state index contributed by atoms with van der Waals surface area (Å²) in [6.07, 6.45) is 8.71. The Kier molecular flexibility index (Phi) is 9.07. The molecule has 0 radical (unpaired) electrons. The third-order valence-electron chi connectivity index (χ3n) is 7.98. The first-order chi connectivity index (χ1) is 18.1. The minimum absolute atomic E-state index is 0.0241. The highest BCUT2D eigenvalue weighted by molar-refractivity contribution is 7.90. The summed E-state index contributed by atoms with van der Waals surface area (Å²) in [5.74, 6) is -1.09. The van der Waals surface area contributed by atoms with Crippen molar-refractivity contribution in [2.75, 3.05) is 32.8 Å². The molecule has 0 saturated carbocycles. The van der Waals surface area contributed by atoms with Gasteiger partial charge in [0.1, 0.15) is 16.9 Å². The molecule has 1 aromatic carbocycles. The van der Waals surface area contributed by atoms with Crippen LogP contribution in [-0.2, 0) is 31.7 Å². The molecule has 3 aliphatic rings. The van der Waals surface area contributed by atoms with E-state index in [2.05, 4.69) is 6.92 Å². The summed E-state index contributed by atoms with van der Waals surface area (Å²) in [6, 6.07) is 2.20. The van der Waals surface area contributed by atoms with Gasteiger partial charge >= 0.3 is 0 Å². The Balaban J connectivity index is 1.57. The number of nitrogens with zero attached hydrogens (tertiary/aromatic N) is 2. The zero-order chi connectivity index (χ0) is 27.5. The van der Waals surface area contributed by atoms with Crippen LogP contribution in [0.25, 0.3) is 0 Å². The van der Waals surface area contributed by atoms with Gasteiger partial charge in [0.2, 0.25) is 15.9 Å². The second-order valence-electron chi connectivity index (χ2n) is 10.6. The summed E-state index contributed by atoms with van der Waals surface area (Å²) in [5, 5.41) is 8.50. The van der Waals surface area contributed by atoms with Gasteiger partial charge in [-0.3, -0.25) is 4.79 Å². The summed E-state index contributed by atoms with van der Waals surface area (Å²) in [6.45, 7) is 4.30. The molecule has 1 aromatic rings. The van der Waals surface area contributed by atoms with Crippen LogP contribution in [0.15, 0.2) is 35.9 Å². The molecule has 2 saturated heterocycles. The van der Waals surface area contributed by atoms with Crippen LogP contribution < -0.4 is 0 Å². The SMILES string of the molecule is CC(=O)N1CCC(OCCCO)(c2cc(F)c(CN3CCC[C@H](C4=CCC(C)C=C4)S3(=O)=O)cc2F)CC1. The number of hydrogen-bond donors (Lipinski definition) is 1. The Morgan fingerprint density at radius 1 is 1.18 bits per heavy atom. The molecule has 10 heteroatoms. The largest absolute Gasteiger partial charge is 0.396 e. The van der Waals surface area contributed by atoms with Crippen LogP contribution in [0, 0.1) is 17.6 Å². The van der Waals surface area contributed by atoms with Gasteiger partial charge in [0.15, 0.2) is 0 Å². The highest BCUT2D eigenvalue weighted by Gasteiger charge is 2.41. The van der Waals surface area contributed by atoms with Crippen molar-refractivity contribution in [1.29, 1.82) is 0 Å². The predicted molar refractivity (Wildman–Crippen MR) is 141 cm³/mol. The number of hydrogen-bond acceptors (Lipinski definition) is 5. The van der Waals surface area contributed by atoms with Gasteiger partial charge in [-0.15, -0.1) is 0 Å². The first-order valence-corrected chi connectivity index (χ1v) is 14.9. The second kappa shape index (κ2) is 11.9. The Morgan fingerprint density at radius 3 is 2.55 bits per heavy atom. The lowest BCUT2D eigenvalue weighted by Gasteiger charge is -2.42. The molecule has 7 nitrogen and oxygen atoms in total. The van der Waals surface area contributed by atoms with E-state index in [0.717, 1.165) is 24.1 Å². The van der Waals surface area contributed by atoms with Crippen LogP contribution in [0.5, 0.6) is 0 Å². The number of rotatable bonds is 8. The van der Waals surface area contributed by atoms with E-state index < -0.39 is 32.5 Å². The molecule has 0 spiro atoms. The normalized spacial score (nSPS) is 25.3. The lowest BCUT2D eigenvalue weighted by Crippen LogP contribution is -2.46. The first kappa shape index (κ1) is 28.9. The van der Waals surface area contributed by atoms with E-state index in [1.807, 2.05) is 18.2 Å². The quantitative estimate of drug-likeness (QED) is 0.493. The van der Waals surface area contributed by atoms with Crippen LogP contribution in [0.3, 0.4) is 0 Å². The van der Waals surface area contributed by atoms with E-state index in [0.29, 0.717) is 38.3 Å². The highest BCUT2D eigenvalue weighted by atomic mass is 32.2. The Labute approximate surface area is 224 Å². The molecule has 0 bridgehead atoms. The maximum Gasteiger partial charge on any atom is 0.221 e. The number of amides is 1. The van der Waals surface area contributed by atoms with E-state index in [1.165, 1.54) is 11.2 Å². The second-order valence-corrected chi connectivity index (χ2v) is 12.8. The maximum atomic E-state index is 15.6. The number of piperidine rings is 1. The van der Waals surface area contributed by atoms with Gasteiger partial charge in [-0.2, -0.15) is 4.31 Å². The number of ether oxygens (including phenoxy) is 1. The predicted octanol–water partition coefficient (Wildman–Crippen LogP) is 4.02. The maximum absolute atomic E-state index is 15.6. The summed E-state index contributed by atoms with van der Waals surface area (Å²) in [5.41, 5.74) is -0.326. The zero-order valence-electron chi connectivity index (χ0n) is 22.2. The van der Waals surface area contributed by atoms with Crippen molar-refractivity contribution in [1.82, 2.24) is 9.21 Å². The molecule has 2 atom stereocenters. The van der Waals surface area contributed by atoms with Gasteiger partial charge < -0.3 is 14.7 Å². The first-order valence-electron chi connectivity index (χ1n) is 13.4. The molecular formula is C28H38F2N2O5S. The van der Waals surface area contributed by atoms with E-state index in [-0.39, 0.29) is 56.2 Å². The van der Waals surface area contributed by atoms with Gasteiger partial charge in [-0.1, -0.05) is 25.2 Å². The number of carbonyl (C=O) groups is 1. The standard InChI is InChI=1S/C28H38F2N2O5S/c1-20-6-8-22(9-7-20)27-5-3-12-32(38(27,35)36)19-23-17-26(30)24(18-25(23)29)28(37-16-4-15-33)10-13-31(14-11-28)21(2)34/h6,8-9,17-18,20,27,33H,3-5,7,10-16,19H2,1-2H3/t20?,27-/m1/s1. The average molecular weight is 553 g/mol. The van der Waals surface area contributed by atoms with Crippen LogP contribution in [-0.4, -0.2) is 66.7 Å². The summed E-state index contributed by atoms with van der Waals surface area (Å²) in [4.78, 5) is 13.5. The van der Waals surface area contributed by atoms with Gasteiger partial charge in [-0.25, -0.2) is 17.2 Å². The molecule has 2 heterocycles. The molecule has 1 aliphatic carbocycles. The van der Waals surface area contributed by atoms with Crippen molar-refractivity contribution in [3.8, 4) is 0 Å². The fraction of sp³-hybridized carbons (Fsp3) is 0.607. The number of aliphatic hydroxyl groups excluding tert-OH is 1. The van der Waals surface area contributed by atoms with Crippen LogP contribution in [0.1, 0.15) is 63.5 Å². The zero-order valence-corrected chi connectivity index (χ0v) is 23.0. The average Bonchev–Trinajstić information content (AvgIpc) is 2.88. The third-order valence-corrected chi connectivity index (χ3v) is 10.2. The smallest absolute Gasteiger partial charge is 0.221 e. The van der Waals surface area contributed by atoms with Crippen molar-refractivity contribution in [3.05, 3.63) is 58.7 Å². The monoisotopic (exact) mass is 552 g/mol. The lowest BCUT2D eigenvalue weighted by molar-refractivity contribution is -0.137. The van der Waals surface area contributed by atoms with E-state index in [1.54, 1.807) is 4.90 Å². The minimum Gasteiger partial charge on any atom is -0.396 e. The Morgan fingerprint density at radius 2 is 1.92 bits per heavy atom. The fourth-order valence-electron chi connectivity index (χ4n) is 5.65. The van der Waals surface area contributed by atoms with Crippen molar-refractivity contribution in [2.45, 2.75) is 69.8 Å². The molecule has 210 valence electrons. The third kappa shape index (κ3) is 6.03. The molecule has 0 aromatic heterocycles. The molecule has 38 heavy (non-hydrogen) atoms. The van der Waals surface area contributed by atoms with Gasteiger partial charge in [0.25, 0.3) is 0 Å². The van der Waals surface area contributed by atoms with Crippen molar-refractivity contribution >= 4 is 15.9 Å². The number of aliphatic hydroxyl groups is 1. The minimum atomic E-state index is -3.74. The highest BCUT2D eigenvalue weighted by Crippen LogP contribution is 2.40. The number of benzene rings is 1. The lowest BCUT2D eigenvalue weighted by atomic mass is 9.83. The number of sulfonamides is 1. The van der Waals surface area contributed by atoms with Crippen LogP contribution in [0.4, 0.5) is 8.78 Å². The van der Waals surface area contributed by atoms with Crippen molar-refractivity contribution in [2.24, 2.45) is 5.92 Å². The molecule has 1 N–H and O–H groups in total. The van der Waals surface area contributed by atoms with E-state index in [9.17, 15) is 18.3 Å². The summed E-state index contributed by atoms with van der Waals surface area (Å²) >= 11 is 0. The molecule has 1 unspecified atom stereocenters. The van der Waals surface area contributed by atoms with Gasteiger partial charge in [0, 0.05) is 57.4 Å². The fourth-order valence-corrected chi connectivity index (χ4v) is 7.70. The summed E-state index contributed by atoms with van der Waals surface area (Å²) in [7, 11) is -3.74. The Hall–Kier alpha value is -2.14. The van der Waals surface area contributed by atoms with Crippen LogP contribution >= 0.6 is 0 Å². The summed E-state index contributed by atoms with van der Waals surface area (Å²) < 4.78 is 65.3. The number of allylic oxidation sites excluding steroid dienone is 3. The molecule has 2 aliphatic heterocycles. The topological polar surface area (TPSA) is 87.2 Å².